The topological polar surface area (TPSA) is 167 Å². The summed E-state index contributed by atoms with van der Waals surface area (Å²) in [5, 5.41) is 25.9. The van der Waals surface area contributed by atoms with E-state index in [1.54, 1.807) is 0 Å². The van der Waals surface area contributed by atoms with E-state index in [0.29, 0.717) is 17.8 Å². The molecule has 0 amide bonds. The highest BCUT2D eigenvalue weighted by Gasteiger charge is 2.33. The minimum Gasteiger partial charge on any atom is -0.478 e. The van der Waals surface area contributed by atoms with Crippen LogP contribution in [0.25, 0.3) is 0 Å². The Labute approximate surface area is 252 Å². The molecule has 0 radical (unpaired) electrons. The summed E-state index contributed by atoms with van der Waals surface area (Å²) in [7, 11) is 0. The zero-order valence-electron chi connectivity index (χ0n) is 20.9. The van der Waals surface area contributed by atoms with Crippen molar-refractivity contribution in [3.05, 3.63) is 52.4 Å². The van der Waals surface area contributed by atoms with E-state index in [-0.39, 0.29) is 72.1 Å². The SMILES string of the molecule is C.C.C.C.CC1(C)OC[C@@H](CO)O1.CC1(C)OC[C@@H](COc2cc(C(=O)O)ccn2)O1.O=C(O)c1ccnc(Br)c1. The number of aromatic carboxylic acids is 2. The number of rotatable bonds is 6. The van der Waals surface area contributed by atoms with Crippen LogP contribution in [0.5, 0.6) is 5.88 Å². The van der Waals surface area contributed by atoms with Gasteiger partial charge in [-0.15, -0.1) is 0 Å². The Morgan fingerprint density at radius 3 is 1.71 bits per heavy atom. The van der Waals surface area contributed by atoms with Crippen LogP contribution in [0.15, 0.2) is 41.3 Å². The Morgan fingerprint density at radius 1 is 0.878 bits per heavy atom. The molecule has 0 spiro atoms. The fourth-order valence-corrected chi connectivity index (χ4v) is 3.40. The molecule has 2 aromatic rings. The Bertz CT molecular complexity index is 1050. The quantitative estimate of drug-likeness (QED) is 0.335. The molecule has 2 fully saturated rings. The summed E-state index contributed by atoms with van der Waals surface area (Å²) in [5.74, 6) is -2.77. The number of carbonyl (C=O) groups is 2. The van der Waals surface area contributed by atoms with Gasteiger partial charge in [-0.3, -0.25) is 0 Å². The summed E-state index contributed by atoms with van der Waals surface area (Å²) in [6, 6.07) is 5.67. The van der Waals surface area contributed by atoms with Gasteiger partial charge in [0.25, 0.3) is 0 Å². The third-order valence-electron chi connectivity index (χ3n) is 4.71. The van der Waals surface area contributed by atoms with Crippen molar-refractivity contribution in [3.63, 3.8) is 0 Å². The second-order valence-corrected chi connectivity index (χ2v) is 9.57. The number of halogens is 1. The summed E-state index contributed by atoms with van der Waals surface area (Å²) in [4.78, 5) is 28.8. The van der Waals surface area contributed by atoms with E-state index in [9.17, 15) is 9.59 Å². The number of pyridine rings is 2. The van der Waals surface area contributed by atoms with E-state index in [1.165, 1.54) is 36.7 Å². The molecular weight excluding hydrogens is 604 g/mol. The van der Waals surface area contributed by atoms with E-state index >= 15 is 0 Å². The Balaban J connectivity index is -0.000000543. The third kappa shape index (κ3) is 15.8. The number of aromatic nitrogens is 2. The fraction of sp³-hybridized carbons (Fsp3) is 0.571. The summed E-state index contributed by atoms with van der Waals surface area (Å²) in [6.07, 6.45) is 2.54. The Morgan fingerprint density at radius 2 is 1.34 bits per heavy atom. The molecule has 41 heavy (non-hydrogen) atoms. The molecular formula is C28H47BrN2O10. The molecule has 2 saturated heterocycles. The largest absolute Gasteiger partial charge is 0.478 e. The van der Waals surface area contributed by atoms with Crippen molar-refractivity contribution in [2.45, 2.75) is 81.2 Å². The standard InChI is InChI=1S/C12H15NO5.C6H4BrNO2.C6H12O3.4CH4/c1-12(2)17-7-9(18-12)6-16-10-5-8(11(14)15)3-4-13-10;7-5-3-4(6(9)10)1-2-8-5;1-6(2)8-4-5(3-7)9-6;;;;/h3-5,9H,6-7H2,1-2H3,(H,14,15);1-3H,(H,9,10);5,7H,3-4H2,1-2H3;4*1H4/t9-;;5-;;;;/m1.1..../s1. The summed E-state index contributed by atoms with van der Waals surface area (Å²) >= 11 is 3.06. The van der Waals surface area contributed by atoms with Crippen LogP contribution in [0.1, 0.15) is 78.1 Å². The lowest BCUT2D eigenvalue weighted by atomic mass is 10.3. The van der Waals surface area contributed by atoms with Gasteiger partial charge in [0.2, 0.25) is 5.88 Å². The van der Waals surface area contributed by atoms with E-state index < -0.39 is 23.5 Å². The second kappa shape index (κ2) is 19.4. The molecule has 0 saturated carbocycles. The van der Waals surface area contributed by atoms with Crippen LogP contribution >= 0.6 is 15.9 Å². The van der Waals surface area contributed by atoms with Crippen molar-refractivity contribution in [1.82, 2.24) is 9.97 Å². The first-order valence-corrected chi connectivity index (χ1v) is 12.0. The van der Waals surface area contributed by atoms with Crippen molar-refractivity contribution in [3.8, 4) is 5.88 Å². The highest BCUT2D eigenvalue weighted by Crippen LogP contribution is 2.23. The number of hydrogen-bond donors (Lipinski definition) is 3. The average Bonchev–Trinajstić information content (AvgIpc) is 3.38. The van der Waals surface area contributed by atoms with Gasteiger partial charge in [-0.2, -0.15) is 0 Å². The van der Waals surface area contributed by atoms with Crippen LogP contribution in [0.2, 0.25) is 0 Å². The molecule has 2 aliphatic heterocycles. The maximum absolute atomic E-state index is 10.8. The molecule has 13 heteroatoms. The predicted molar refractivity (Wildman–Crippen MR) is 159 cm³/mol. The molecule has 2 aromatic heterocycles. The zero-order valence-corrected chi connectivity index (χ0v) is 22.5. The van der Waals surface area contributed by atoms with Gasteiger partial charge in [-0.1, -0.05) is 29.7 Å². The number of aliphatic hydroxyl groups excluding tert-OH is 1. The van der Waals surface area contributed by atoms with Gasteiger partial charge in [0.1, 0.15) is 23.4 Å². The van der Waals surface area contributed by atoms with Gasteiger partial charge in [-0.05, 0) is 61.8 Å². The lowest BCUT2D eigenvalue weighted by Gasteiger charge is -2.17. The van der Waals surface area contributed by atoms with Crippen LogP contribution < -0.4 is 4.74 Å². The number of nitrogens with zero attached hydrogens (tertiary/aromatic N) is 2. The van der Waals surface area contributed by atoms with Gasteiger partial charge < -0.3 is 39.0 Å². The summed E-state index contributed by atoms with van der Waals surface area (Å²) in [6.45, 7) is 8.61. The fourth-order valence-electron chi connectivity index (χ4n) is 3.03. The Kier molecular flexibility index (Phi) is 20.3. The smallest absolute Gasteiger partial charge is 0.335 e. The summed E-state index contributed by atoms with van der Waals surface area (Å²) in [5.41, 5.74) is 0.380. The lowest BCUT2D eigenvalue weighted by molar-refractivity contribution is -0.142. The first-order chi connectivity index (χ1) is 17.3. The minimum absolute atomic E-state index is 0. The lowest BCUT2D eigenvalue weighted by Crippen LogP contribution is -2.25. The molecule has 0 aromatic carbocycles. The van der Waals surface area contributed by atoms with Crippen LogP contribution in [-0.2, 0) is 18.9 Å². The van der Waals surface area contributed by atoms with Crippen molar-refractivity contribution in [2.75, 3.05) is 26.4 Å². The molecule has 12 nitrogen and oxygen atoms in total. The molecule has 3 N–H and O–H groups in total. The maximum Gasteiger partial charge on any atom is 0.335 e. The number of aliphatic hydroxyl groups is 1. The normalized spacial score (nSPS) is 19.1. The van der Waals surface area contributed by atoms with Gasteiger partial charge in [0.15, 0.2) is 11.6 Å². The Hall–Kier alpha value is -2.68. The van der Waals surface area contributed by atoms with Gasteiger partial charge >= 0.3 is 11.9 Å². The van der Waals surface area contributed by atoms with E-state index in [1.807, 2.05) is 27.7 Å². The first kappa shape index (κ1) is 42.8. The van der Waals surface area contributed by atoms with Crippen LogP contribution in [0.4, 0.5) is 0 Å². The second-order valence-electron chi connectivity index (χ2n) is 8.76. The van der Waals surface area contributed by atoms with Gasteiger partial charge in [0.05, 0.1) is 30.9 Å². The highest BCUT2D eigenvalue weighted by atomic mass is 79.9. The molecule has 0 bridgehead atoms. The number of hydrogen-bond acceptors (Lipinski definition) is 10. The maximum atomic E-state index is 10.8. The van der Waals surface area contributed by atoms with Gasteiger partial charge in [0, 0.05) is 18.5 Å². The zero-order chi connectivity index (χ0) is 27.6. The predicted octanol–water partition coefficient (Wildman–Crippen LogP) is 5.53. The van der Waals surface area contributed by atoms with E-state index in [4.69, 9.17) is 39.0 Å². The van der Waals surface area contributed by atoms with Crippen molar-refractivity contribution < 1.29 is 48.6 Å². The molecule has 0 unspecified atom stereocenters. The summed E-state index contributed by atoms with van der Waals surface area (Å²) < 4.78 is 27.3. The van der Waals surface area contributed by atoms with Crippen LogP contribution in [0.3, 0.4) is 0 Å². The first-order valence-electron chi connectivity index (χ1n) is 11.2. The van der Waals surface area contributed by atoms with Crippen molar-refractivity contribution in [1.29, 1.82) is 0 Å². The number of carboxylic acid groups (broad SMARTS) is 2. The third-order valence-corrected chi connectivity index (χ3v) is 5.14. The molecule has 0 aliphatic carbocycles. The van der Waals surface area contributed by atoms with Crippen molar-refractivity contribution in [2.24, 2.45) is 0 Å². The molecule has 2 atom stereocenters. The van der Waals surface area contributed by atoms with Crippen LogP contribution in [-0.4, -0.2) is 87.4 Å². The van der Waals surface area contributed by atoms with Crippen LogP contribution in [0, 0.1) is 0 Å². The molecule has 2 aliphatic rings. The van der Waals surface area contributed by atoms with E-state index in [0.717, 1.165) is 0 Å². The monoisotopic (exact) mass is 650 g/mol. The molecule has 236 valence electrons. The number of carboxylic acids is 2. The average molecular weight is 652 g/mol. The highest BCUT2D eigenvalue weighted by molar-refractivity contribution is 9.10. The minimum atomic E-state index is -1.01. The van der Waals surface area contributed by atoms with Crippen molar-refractivity contribution >= 4 is 27.9 Å². The number of ether oxygens (including phenoxy) is 5. The van der Waals surface area contributed by atoms with Gasteiger partial charge in [-0.25, -0.2) is 19.6 Å². The molecule has 4 heterocycles. The van der Waals surface area contributed by atoms with E-state index in [2.05, 4.69) is 25.9 Å². The molecule has 4 rings (SSSR count).